The molecule has 2 N–H and O–H groups in total. The van der Waals surface area contributed by atoms with Crippen LogP contribution in [0.4, 0.5) is 0 Å². The van der Waals surface area contributed by atoms with Crippen molar-refractivity contribution in [3.8, 4) is 11.5 Å². The molecule has 0 heterocycles. The Morgan fingerprint density at radius 3 is 2.48 bits per heavy atom. The van der Waals surface area contributed by atoms with E-state index in [-0.39, 0.29) is 5.91 Å². The smallest absolute Gasteiger partial charge is 0.263 e. The van der Waals surface area contributed by atoms with E-state index in [2.05, 4.69) is 0 Å². The minimum absolute atomic E-state index is 0.0331. The molecule has 1 amide bonds. The third-order valence-electron chi connectivity index (χ3n) is 3.30. The molecule has 0 aliphatic heterocycles. The number of hydrogen-bond donors (Lipinski definition) is 1. The fraction of sp³-hybridized carbons (Fsp3) is 0.562. The number of rotatable bonds is 8. The van der Waals surface area contributed by atoms with Gasteiger partial charge in [-0.1, -0.05) is 12.1 Å². The first kappa shape index (κ1) is 17.3. The lowest BCUT2D eigenvalue weighted by Gasteiger charge is -2.25. The highest BCUT2D eigenvalue weighted by molar-refractivity contribution is 5.81. The van der Waals surface area contributed by atoms with Crippen molar-refractivity contribution in [1.82, 2.24) is 4.90 Å². The summed E-state index contributed by atoms with van der Waals surface area (Å²) in [5, 5.41) is 0. The molecule has 1 rings (SSSR count). The van der Waals surface area contributed by atoms with E-state index in [0.29, 0.717) is 37.7 Å². The molecule has 5 nitrogen and oxygen atoms in total. The number of nitrogens with zero attached hydrogens (tertiary/aromatic N) is 1. The number of nitrogens with two attached hydrogens (primary N) is 1. The summed E-state index contributed by atoms with van der Waals surface area (Å²) >= 11 is 0. The predicted octanol–water partition coefficient (Wildman–Crippen LogP) is 2.18. The zero-order valence-electron chi connectivity index (χ0n) is 13.4. The molecule has 0 bridgehead atoms. The van der Waals surface area contributed by atoms with Gasteiger partial charge < -0.3 is 20.1 Å². The number of likely N-dealkylation sites (N-methyl/N-ethyl adjacent to an activating group) is 1. The maximum atomic E-state index is 12.3. The van der Waals surface area contributed by atoms with Gasteiger partial charge in [0.05, 0.1) is 6.61 Å². The highest BCUT2D eigenvalue weighted by atomic mass is 16.5. The lowest BCUT2D eigenvalue weighted by atomic mass is 10.2. The maximum Gasteiger partial charge on any atom is 0.263 e. The van der Waals surface area contributed by atoms with Crippen LogP contribution in [0.5, 0.6) is 11.5 Å². The molecule has 1 atom stereocenters. The van der Waals surface area contributed by atoms with Gasteiger partial charge in [0, 0.05) is 25.2 Å². The molecule has 1 unspecified atom stereocenters. The van der Waals surface area contributed by atoms with Gasteiger partial charge in [-0.3, -0.25) is 4.79 Å². The number of carbonyl (C=O) groups excluding carboxylic acids is 1. The molecule has 0 fully saturated rings. The van der Waals surface area contributed by atoms with Crippen molar-refractivity contribution in [3.63, 3.8) is 0 Å². The largest absolute Gasteiger partial charge is 0.490 e. The highest BCUT2D eigenvalue weighted by Crippen LogP contribution is 2.32. The average molecular weight is 294 g/mol. The number of amides is 1. The van der Waals surface area contributed by atoms with Gasteiger partial charge in [-0.15, -0.1) is 0 Å². The Balaban J connectivity index is 2.97. The van der Waals surface area contributed by atoms with E-state index < -0.39 is 6.10 Å². The van der Waals surface area contributed by atoms with E-state index in [1.807, 2.05) is 39.0 Å². The van der Waals surface area contributed by atoms with Crippen LogP contribution in [0.25, 0.3) is 0 Å². The van der Waals surface area contributed by atoms with Crippen LogP contribution < -0.4 is 15.2 Å². The van der Waals surface area contributed by atoms with Crippen molar-refractivity contribution in [2.45, 2.75) is 40.3 Å². The van der Waals surface area contributed by atoms with Gasteiger partial charge in [-0.25, -0.2) is 0 Å². The lowest BCUT2D eigenvalue weighted by molar-refractivity contribution is -0.137. The standard InChI is InChI=1S/C16H26N2O3/c1-5-18(6-2)16(19)12(4)21-15-13(11-17)9-8-10-14(15)20-7-3/h8-10,12H,5-7,11,17H2,1-4H3. The molecular formula is C16H26N2O3. The Kier molecular flexibility index (Phi) is 7.02. The highest BCUT2D eigenvalue weighted by Gasteiger charge is 2.22. The zero-order valence-corrected chi connectivity index (χ0v) is 13.4. The summed E-state index contributed by atoms with van der Waals surface area (Å²) in [6.45, 7) is 9.76. The molecule has 0 radical (unpaired) electrons. The van der Waals surface area contributed by atoms with Gasteiger partial charge >= 0.3 is 0 Å². The van der Waals surface area contributed by atoms with Gasteiger partial charge in [0.2, 0.25) is 0 Å². The lowest BCUT2D eigenvalue weighted by Crippen LogP contribution is -2.40. The molecule has 0 saturated carbocycles. The number of carbonyl (C=O) groups is 1. The fourth-order valence-corrected chi connectivity index (χ4v) is 2.14. The summed E-state index contributed by atoms with van der Waals surface area (Å²) < 4.78 is 11.4. The molecule has 1 aromatic rings. The molecule has 0 saturated heterocycles. The molecule has 118 valence electrons. The summed E-state index contributed by atoms with van der Waals surface area (Å²) in [4.78, 5) is 14.1. The van der Waals surface area contributed by atoms with Crippen molar-refractivity contribution in [2.24, 2.45) is 5.73 Å². The van der Waals surface area contributed by atoms with E-state index in [9.17, 15) is 4.79 Å². The maximum absolute atomic E-state index is 12.3. The normalized spacial score (nSPS) is 11.9. The zero-order chi connectivity index (χ0) is 15.8. The molecule has 0 aliphatic rings. The minimum atomic E-state index is -0.572. The third-order valence-corrected chi connectivity index (χ3v) is 3.30. The van der Waals surface area contributed by atoms with E-state index in [4.69, 9.17) is 15.2 Å². The SMILES string of the molecule is CCOc1cccc(CN)c1OC(C)C(=O)N(CC)CC. The van der Waals surface area contributed by atoms with Crippen molar-refractivity contribution >= 4 is 5.91 Å². The average Bonchev–Trinajstić information content (AvgIpc) is 2.50. The van der Waals surface area contributed by atoms with Crippen LogP contribution in [0.15, 0.2) is 18.2 Å². The Bertz CT molecular complexity index is 459. The van der Waals surface area contributed by atoms with E-state index in [1.165, 1.54) is 0 Å². The Morgan fingerprint density at radius 2 is 1.95 bits per heavy atom. The number of benzene rings is 1. The van der Waals surface area contributed by atoms with E-state index >= 15 is 0 Å². The Morgan fingerprint density at radius 1 is 1.29 bits per heavy atom. The van der Waals surface area contributed by atoms with Crippen LogP contribution in [0, 0.1) is 0 Å². The van der Waals surface area contributed by atoms with Gasteiger partial charge in [0.1, 0.15) is 0 Å². The van der Waals surface area contributed by atoms with Crippen molar-refractivity contribution in [1.29, 1.82) is 0 Å². The van der Waals surface area contributed by atoms with Crippen LogP contribution in [0.3, 0.4) is 0 Å². The second-order valence-electron chi connectivity index (χ2n) is 4.65. The molecule has 21 heavy (non-hydrogen) atoms. The topological polar surface area (TPSA) is 64.8 Å². The summed E-state index contributed by atoms with van der Waals surface area (Å²) in [5.41, 5.74) is 6.58. The van der Waals surface area contributed by atoms with Gasteiger partial charge in [-0.05, 0) is 33.8 Å². The fourth-order valence-electron chi connectivity index (χ4n) is 2.14. The summed E-state index contributed by atoms with van der Waals surface area (Å²) in [6.07, 6.45) is -0.572. The minimum Gasteiger partial charge on any atom is -0.490 e. The van der Waals surface area contributed by atoms with Crippen LogP contribution in [0.1, 0.15) is 33.3 Å². The molecule has 0 aromatic heterocycles. The first-order chi connectivity index (χ1) is 10.1. The number of hydrogen-bond acceptors (Lipinski definition) is 4. The van der Waals surface area contributed by atoms with Gasteiger partial charge in [0.25, 0.3) is 5.91 Å². The van der Waals surface area contributed by atoms with E-state index in [1.54, 1.807) is 11.8 Å². The summed E-state index contributed by atoms with van der Waals surface area (Å²) in [5.74, 6) is 1.16. The van der Waals surface area contributed by atoms with Gasteiger partial charge in [0.15, 0.2) is 17.6 Å². The Labute approximate surface area is 127 Å². The van der Waals surface area contributed by atoms with Gasteiger partial charge in [-0.2, -0.15) is 0 Å². The first-order valence-electron chi connectivity index (χ1n) is 7.49. The second kappa shape index (κ2) is 8.52. The third kappa shape index (κ3) is 4.36. The van der Waals surface area contributed by atoms with E-state index in [0.717, 1.165) is 5.56 Å². The second-order valence-corrected chi connectivity index (χ2v) is 4.65. The quantitative estimate of drug-likeness (QED) is 0.798. The number of para-hydroxylation sites is 1. The van der Waals surface area contributed by atoms with Crippen LogP contribution in [-0.2, 0) is 11.3 Å². The van der Waals surface area contributed by atoms with Crippen molar-refractivity contribution in [3.05, 3.63) is 23.8 Å². The molecular weight excluding hydrogens is 268 g/mol. The summed E-state index contributed by atoms with van der Waals surface area (Å²) in [7, 11) is 0. The Hall–Kier alpha value is -1.75. The molecule has 1 aromatic carbocycles. The number of ether oxygens (including phenoxy) is 2. The monoisotopic (exact) mass is 294 g/mol. The van der Waals surface area contributed by atoms with Crippen LogP contribution in [-0.4, -0.2) is 36.6 Å². The predicted molar refractivity (Wildman–Crippen MR) is 83.5 cm³/mol. The molecule has 0 aliphatic carbocycles. The van der Waals surface area contributed by atoms with Crippen LogP contribution in [0.2, 0.25) is 0 Å². The van der Waals surface area contributed by atoms with Crippen LogP contribution >= 0.6 is 0 Å². The van der Waals surface area contributed by atoms with Crippen molar-refractivity contribution in [2.75, 3.05) is 19.7 Å². The van der Waals surface area contributed by atoms with Crippen molar-refractivity contribution < 1.29 is 14.3 Å². The first-order valence-corrected chi connectivity index (χ1v) is 7.49. The summed E-state index contributed by atoms with van der Waals surface area (Å²) in [6, 6.07) is 5.58. The molecule has 0 spiro atoms. The molecule has 5 heteroatoms.